The second kappa shape index (κ2) is 8.69. The fourth-order valence-electron chi connectivity index (χ4n) is 3.30. The number of piperazine rings is 1. The lowest BCUT2D eigenvalue weighted by Gasteiger charge is -2.35. The Labute approximate surface area is 188 Å². The largest absolute Gasteiger partial charge is 0.480 e. The molecule has 1 aliphatic rings. The van der Waals surface area contributed by atoms with Crippen LogP contribution < -0.4 is 4.90 Å². The zero-order chi connectivity index (χ0) is 23.8. The van der Waals surface area contributed by atoms with Crippen molar-refractivity contribution in [3.63, 3.8) is 0 Å². The summed E-state index contributed by atoms with van der Waals surface area (Å²) in [4.78, 5) is 27.5. The van der Waals surface area contributed by atoms with Crippen LogP contribution in [0, 0.1) is 0 Å². The highest BCUT2D eigenvalue weighted by Gasteiger charge is 2.37. The average Bonchev–Trinajstić information content (AvgIpc) is 3.41. The van der Waals surface area contributed by atoms with E-state index in [9.17, 15) is 22.8 Å². The molecule has 1 fully saturated rings. The first-order valence-corrected chi connectivity index (χ1v) is 9.87. The number of tetrazole rings is 1. The number of carbonyl (C=O) groups excluding carboxylic acids is 1. The number of rotatable bonds is 5. The van der Waals surface area contributed by atoms with Gasteiger partial charge in [-0.05, 0) is 23.4 Å². The van der Waals surface area contributed by atoms with E-state index >= 15 is 0 Å². The molecule has 4 rings (SSSR count). The summed E-state index contributed by atoms with van der Waals surface area (Å²) in [6.07, 6.45) is -4.69. The molecule has 1 saturated heterocycles. The summed E-state index contributed by atoms with van der Waals surface area (Å²) in [6.45, 7) is 0.417. The van der Waals surface area contributed by atoms with Crippen molar-refractivity contribution < 1.29 is 32.4 Å². The molecule has 1 aliphatic heterocycles. The number of carbonyl (C=O) groups is 2. The van der Waals surface area contributed by atoms with Crippen molar-refractivity contribution in [2.24, 2.45) is 0 Å². The molecule has 0 atom stereocenters. The first-order chi connectivity index (χ1) is 15.6. The Balaban J connectivity index is 1.43. The minimum atomic E-state index is -4.69. The Morgan fingerprint density at radius 1 is 1.15 bits per heavy atom. The van der Waals surface area contributed by atoms with Crippen LogP contribution in [0.25, 0.3) is 11.6 Å². The summed E-state index contributed by atoms with van der Waals surface area (Å²) >= 11 is 5.82. The van der Waals surface area contributed by atoms with Crippen molar-refractivity contribution >= 4 is 29.3 Å². The van der Waals surface area contributed by atoms with Crippen LogP contribution in [0.1, 0.15) is 15.9 Å². The molecule has 3 aromatic rings. The number of alkyl halides is 3. The smallest absolute Gasteiger partial charge is 0.417 e. The van der Waals surface area contributed by atoms with Gasteiger partial charge in [0.15, 0.2) is 12.4 Å². The van der Waals surface area contributed by atoms with E-state index in [-0.39, 0.29) is 29.7 Å². The molecule has 11 nitrogen and oxygen atoms in total. The minimum Gasteiger partial charge on any atom is -0.480 e. The van der Waals surface area contributed by atoms with Crippen molar-refractivity contribution in [1.82, 2.24) is 30.3 Å². The van der Waals surface area contributed by atoms with Gasteiger partial charge >= 0.3 is 12.1 Å². The zero-order valence-electron chi connectivity index (χ0n) is 16.7. The van der Waals surface area contributed by atoms with E-state index in [1.165, 1.54) is 11.0 Å². The van der Waals surface area contributed by atoms with Crippen LogP contribution >= 0.6 is 11.6 Å². The minimum absolute atomic E-state index is 0.0361. The highest BCUT2D eigenvalue weighted by atomic mass is 35.5. The summed E-state index contributed by atoms with van der Waals surface area (Å²) < 4.78 is 45.1. The molecule has 0 aliphatic carbocycles. The molecule has 15 heteroatoms. The quantitative estimate of drug-likeness (QED) is 0.576. The van der Waals surface area contributed by atoms with Gasteiger partial charge < -0.3 is 19.4 Å². The summed E-state index contributed by atoms with van der Waals surface area (Å²) in [5.41, 5.74) is -1.54. The third-order valence-electron chi connectivity index (χ3n) is 4.86. The Morgan fingerprint density at radius 2 is 1.88 bits per heavy atom. The average molecular weight is 486 g/mol. The van der Waals surface area contributed by atoms with Crippen molar-refractivity contribution in [3.8, 4) is 11.6 Å². The maximum Gasteiger partial charge on any atom is 0.417 e. The first kappa shape index (κ1) is 22.5. The van der Waals surface area contributed by atoms with E-state index in [0.29, 0.717) is 18.9 Å². The number of hydrogen-bond donors (Lipinski definition) is 1. The lowest BCUT2D eigenvalue weighted by Crippen LogP contribution is -2.49. The first-order valence-electron chi connectivity index (χ1n) is 9.49. The second-order valence-electron chi connectivity index (χ2n) is 7.05. The normalized spacial score (nSPS) is 14.5. The molecule has 33 heavy (non-hydrogen) atoms. The molecule has 3 heterocycles. The number of carboxylic acids is 1. The Bertz CT molecular complexity index is 1190. The number of amides is 1. The highest BCUT2D eigenvalue weighted by Crippen LogP contribution is 2.34. The maximum atomic E-state index is 13.3. The lowest BCUT2D eigenvalue weighted by atomic mass is 10.1. The molecular formula is C18H15ClF3N7O4. The van der Waals surface area contributed by atoms with E-state index < -0.39 is 35.7 Å². The SMILES string of the molecule is O=C(O)Cn1nnc(-c2cc(N3CCN(C(=O)c4cc(Cl)ccc4C(F)(F)F)CC3)no2)n1. The van der Waals surface area contributed by atoms with E-state index in [0.717, 1.165) is 23.0 Å². The van der Waals surface area contributed by atoms with Crippen molar-refractivity contribution in [2.75, 3.05) is 31.1 Å². The standard InChI is InChI=1S/C18H15ClF3N7O4/c19-10-1-2-12(18(20,21)22)11(7-10)17(32)28-5-3-27(4-6-28)14-8-13(33-25-14)16-23-26-29(24-16)9-15(30)31/h1-2,7-8H,3-6,9H2,(H,30,31). The molecule has 0 radical (unpaired) electrons. The van der Waals surface area contributed by atoms with Gasteiger partial charge in [-0.3, -0.25) is 9.59 Å². The van der Waals surface area contributed by atoms with Gasteiger partial charge in [0, 0.05) is 37.3 Å². The van der Waals surface area contributed by atoms with Crippen LogP contribution in [-0.2, 0) is 17.5 Å². The van der Waals surface area contributed by atoms with Gasteiger partial charge in [-0.1, -0.05) is 16.8 Å². The number of carboxylic acid groups (broad SMARTS) is 1. The van der Waals surface area contributed by atoms with Crippen LogP contribution in [0.2, 0.25) is 5.02 Å². The van der Waals surface area contributed by atoms with E-state index in [2.05, 4.69) is 20.6 Å². The van der Waals surface area contributed by atoms with Crippen LogP contribution in [0.3, 0.4) is 0 Å². The molecule has 0 bridgehead atoms. The summed E-state index contributed by atoms with van der Waals surface area (Å²) in [5, 5.41) is 23.9. The number of nitrogens with zero attached hydrogens (tertiary/aromatic N) is 7. The lowest BCUT2D eigenvalue weighted by molar-refractivity contribution is -0.139. The van der Waals surface area contributed by atoms with Crippen molar-refractivity contribution in [3.05, 3.63) is 40.4 Å². The van der Waals surface area contributed by atoms with Crippen LogP contribution in [0.4, 0.5) is 19.0 Å². The fraction of sp³-hybridized carbons (Fsp3) is 0.333. The van der Waals surface area contributed by atoms with Crippen molar-refractivity contribution in [1.29, 1.82) is 0 Å². The number of benzene rings is 1. The molecule has 2 aromatic heterocycles. The van der Waals surface area contributed by atoms with Gasteiger partial charge in [0.1, 0.15) is 0 Å². The fourth-order valence-corrected chi connectivity index (χ4v) is 3.47. The molecule has 1 aromatic carbocycles. The number of anilines is 1. The third kappa shape index (κ3) is 4.89. The predicted molar refractivity (Wildman–Crippen MR) is 106 cm³/mol. The second-order valence-corrected chi connectivity index (χ2v) is 7.49. The third-order valence-corrected chi connectivity index (χ3v) is 5.09. The number of aromatic nitrogens is 5. The van der Waals surface area contributed by atoms with Gasteiger partial charge in [0.2, 0.25) is 11.6 Å². The summed E-state index contributed by atoms with van der Waals surface area (Å²) in [5.74, 6) is -1.28. The number of hydrogen-bond acceptors (Lipinski definition) is 8. The van der Waals surface area contributed by atoms with E-state index in [4.69, 9.17) is 21.2 Å². The Hall–Kier alpha value is -3.68. The van der Waals surface area contributed by atoms with Gasteiger partial charge in [-0.15, -0.1) is 10.2 Å². The zero-order valence-corrected chi connectivity index (χ0v) is 17.4. The van der Waals surface area contributed by atoms with Crippen molar-refractivity contribution in [2.45, 2.75) is 12.7 Å². The van der Waals surface area contributed by atoms with E-state index in [1.54, 1.807) is 4.90 Å². The number of halogens is 4. The molecule has 0 unspecified atom stereocenters. The Kier molecular flexibility index (Phi) is 5.93. The predicted octanol–water partition coefficient (Wildman–Crippen LogP) is 2.05. The van der Waals surface area contributed by atoms with Gasteiger partial charge in [-0.2, -0.15) is 18.0 Å². The molecule has 1 amide bonds. The highest BCUT2D eigenvalue weighted by molar-refractivity contribution is 6.31. The van der Waals surface area contributed by atoms with Gasteiger partial charge in [0.05, 0.1) is 11.1 Å². The maximum absolute atomic E-state index is 13.3. The van der Waals surface area contributed by atoms with Gasteiger partial charge in [0.25, 0.3) is 5.91 Å². The molecule has 1 N–H and O–H groups in total. The molecule has 174 valence electrons. The monoisotopic (exact) mass is 485 g/mol. The summed E-state index contributed by atoms with van der Waals surface area (Å²) in [6, 6.07) is 4.44. The number of aliphatic carboxylic acids is 1. The Morgan fingerprint density at radius 3 is 2.55 bits per heavy atom. The van der Waals surface area contributed by atoms with Gasteiger partial charge in [-0.25, -0.2) is 0 Å². The van der Waals surface area contributed by atoms with E-state index in [1.807, 2.05) is 0 Å². The van der Waals surface area contributed by atoms with Crippen LogP contribution in [0.5, 0.6) is 0 Å². The summed E-state index contributed by atoms with van der Waals surface area (Å²) in [7, 11) is 0. The topological polar surface area (TPSA) is 130 Å². The molecular weight excluding hydrogens is 471 g/mol. The van der Waals surface area contributed by atoms with Crippen LogP contribution in [-0.4, -0.2) is 73.4 Å². The molecule has 0 spiro atoms. The van der Waals surface area contributed by atoms with Crippen LogP contribution in [0.15, 0.2) is 28.8 Å². The molecule has 0 saturated carbocycles.